The molecule has 26 heteroatoms. The molecule has 1 aliphatic heterocycles. The van der Waals surface area contributed by atoms with Crippen molar-refractivity contribution in [2.75, 3.05) is 6.61 Å². The summed E-state index contributed by atoms with van der Waals surface area (Å²) in [6.45, 7) is 8.61. The van der Waals surface area contributed by atoms with Crippen molar-refractivity contribution < 1.29 is 63.0 Å². The number of ketones is 3. The molecule has 8 amide bonds. The predicted octanol–water partition coefficient (Wildman–Crippen LogP) is 1.77. The van der Waals surface area contributed by atoms with Crippen molar-refractivity contribution in [2.45, 2.75) is 192 Å². The molecule has 0 saturated carbocycles. The number of primary amides is 2. The first-order chi connectivity index (χ1) is 42.2. The summed E-state index contributed by atoms with van der Waals surface area (Å²) in [5.41, 5.74) is 16.1. The number of hydrogen-bond acceptors (Lipinski definition) is 16. The van der Waals surface area contributed by atoms with Gasteiger partial charge in [-0.15, -0.1) is 0 Å². The summed E-state index contributed by atoms with van der Waals surface area (Å²) in [5.74, 6) is -9.50. The molecule has 89 heavy (non-hydrogen) atoms. The minimum Gasteiger partial charge on any atom is -0.508 e. The monoisotopic (exact) mass is 1240 g/mol. The number of H-pyrrole nitrogens is 2. The van der Waals surface area contributed by atoms with E-state index < -0.39 is 132 Å². The smallest absolute Gasteiger partial charge is 0.243 e. The lowest BCUT2D eigenvalue weighted by Crippen LogP contribution is -2.65. The summed E-state index contributed by atoms with van der Waals surface area (Å²) in [6.07, 6.45) is 11.8. The van der Waals surface area contributed by atoms with Gasteiger partial charge in [-0.2, -0.15) is 0 Å². The number of nitrogens with zero attached hydrogens (tertiary/aromatic N) is 1. The normalized spacial score (nSPS) is 24.6. The van der Waals surface area contributed by atoms with Crippen LogP contribution >= 0.6 is 0 Å². The fraction of sp³-hybridized carbons (Fsp3) is 0.524. The number of benzene rings is 2. The third-order valence-electron chi connectivity index (χ3n) is 15.8. The SMILES string of the molecule is CC(=O)C[C@]1(C)CCCCCCC=CCCC[C@@](C)(C(=O)N[C@@H](CO)C(N)=O)NN[C@@H](CC(C)C)C(=O)C(=O)[C@H](CCC(N)=O)NC(=O)C(C)NC(=O)[C@H](Cc2c[nH]c3ccccc23)NC(=O)[C@H](Cc2ccc(O)cc2)NC(=O)[C@H](Cc2cnc[nH]2)NC1=O. The Kier molecular flexibility index (Phi) is 27.4. The van der Waals surface area contributed by atoms with Gasteiger partial charge in [0.05, 0.1) is 30.4 Å². The van der Waals surface area contributed by atoms with E-state index in [4.69, 9.17) is 11.5 Å². The number of aliphatic hydroxyl groups is 1. The van der Waals surface area contributed by atoms with E-state index in [2.05, 4.69) is 57.7 Å². The van der Waals surface area contributed by atoms with Crippen LogP contribution in [0, 0.1) is 11.3 Å². The van der Waals surface area contributed by atoms with Gasteiger partial charge in [0.25, 0.3) is 0 Å². The number of aliphatic hydroxyl groups excluding tert-OH is 1. The maximum atomic E-state index is 15.0. The number of hydrazine groups is 1. The number of fused-ring (bicyclic) bond motifs is 1. The largest absolute Gasteiger partial charge is 0.508 e. The Morgan fingerprint density at radius 2 is 1.34 bits per heavy atom. The molecule has 4 aromatic rings. The number of carbonyl (C=O) groups is 11. The first-order valence-corrected chi connectivity index (χ1v) is 30.3. The molecule has 0 saturated heterocycles. The highest BCUT2D eigenvalue weighted by atomic mass is 16.3. The standard InChI is InChI=1S/C63H89N13O13/c1-37(2)28-47-54(82)53(81)46(24-25-52(64)80)70-56(84)39(4)69-57(85)49(30-41-33-67-45-19-15-14-18-44(41)45)72-58(86)48(29-40-20-22-43(79)23-21-40)71-59(87)50(31-42-34-66-36-68-42)73-60(88)62(5,32-38(3)78)26-16-12-10-8-7-9-11-13-17-27-63(6,76-75-47)61(89)74-51(35-77)55(65)83/h9,11,14-15,18-23,33-34,36-37,39,46-51,67,75-77,79H,7-8,10,12-13,16-17,24-32,35H2,1-6H3,(H2,64,80)(H2,65,83)(H,66,68)(H,69,85)(H,70,84)(H,71,87)(H,72,86)(H,73,88)(H,74,89)/t39?,46-,47-,48-,49-,50-,51-,62-,63-/m0/s1. The number of hydrogen-bond donors (Lipinski definition) is 14. The van der Waals surface area contributed by atoms with Crippen molar-refractivity contribution in [3.8, 4) is 5.75 Å². The number of phenolic OH excluding ortho intramolecular Hbond substituents is 1. The van der Waals surface area contributed by atoms with Gasteiger partial charge >= 0.3 is 0 Å². The second-order valence-electron chi connectivity index (χ2n) is 24.0. The van der Waals surface area contributed by atoms with Gasteiger partial charge in [0.15, 0.2) is 0 Å². The Bertz CT molecular complexity index is 3130. The van der Waals surface area contributed by atoms with Crippen molar-refractivity contribution in [1.29, 1.82) is 0 Å². The van der Waals surface area contributed by atoms with Crippen LogP contribution in [0.15, 0.2) is 79.4 Å². The highest BCUT2D eigenvalue weighted by Crippen LogP contribution is 2.31. The Morgan fingerprint density at radius 3 is 1.97 bits per heavy atom. The first kappa shape index (κ1) is 71.1. The molecule has 0 radical (unpaired) electrons. The molecule has 2 aromatic heterocycles. The Hall–Kier alpha value is -8.62. The van der Waals surface area contributed by atoms with Crippen molar-refractivity contribution in [2.24, 2.45) is 22.8 Å². The number of nitrogens with one attached hydrogen (secondary N) is 10. The predicted molar refractivity (Wildman–Crippen MR) is 330 cm³/mol. The molecule has 2 aromatic carbocycles. The average Bonchev–Trinajstić information content (AvgIpc) is 3.13. The first-order valence-electron chi connectivity index (χ1n) is 30.3. The van der Waals surface area contributed by atoms with E-state index in [1.165, 1.54) is 45.4 Å². The van der Waals surface area contributed by atoms with Crippen molar-refractivity contribution in [3.05, 3.63) is 96.2 Å². The molecule has 0 spiro atoms. The number of allylic oxidation sites excluding steroid dienone is 2. The maximum absolute atomic E-state index is 15.0. The number of carbonyl (C=O) groups excluding carboxylic acids is 11. The summed E-state index contributed by atoms with van der Waals surface area (Å²) < 4.78 is 0. The minimum absolute atomic E-state index is 0.0169. The molecule has 0 fully saturated rings. The molecule has 3 heterocycles. The summed E-state index contributed by atoms with van der Waals surface area (Å²) >= 11 is 0. The van der Waals surface area contributed by atoms with Crippen LogP contribution in [0.5, 0.6) is 5.75 Å². The second kappa shape index (κ2) is 34.2. The average molecular weight is 1240 g/mol. The molecule has 9 atom stereocenters. The molecule has 0 bridgehead atoms. The highest BCUT2D eigenvalue weighted by Gasteiger charge is 2.41. The number of nitrogens with two attached hydrogens (primary N) is 2. The van der Waals surface area contributed by atoms with E-state index in [0.29, 0.717) is 66.2 Å². The van der Waals surface area contributed by atoms with Gasteiger partial charge in [-0.3, -0.25) is 52.7 Å². The van der Waals surface area contributed by atoms with Gasteiger partial charge in [-0.1, -0.05) is 82.5 Å². The van der Waals surface area contributed by atoms with E-state index in [-0.39, 0.29) is 56.0 Å². The topological polar surface area (TPSA) is 421 Å². The lowest BCUT2D eigenvalue weighted by molar-refractivity contribution is -0.141. The lowest BCUT2D eigenvalue weighted by atomic mass is 9.79. The molecule has 16 N–H and O–H groups in total. The number of amides is 8. The van der Waals surface area contributed by atoms with Gasteiger partial charge < -0.3 is 63.5 Å². The fourth-order valence-electron chi connectivity index (χ4n) is 10.6. The Morgan fingerprint density at radius 1 is 0.719 bits per heavy atom. The van der Waals surface area contributed by atoms with Gasteiger partial charge in [-0.25, -0.2) is 15.8 Å². The minimum atomic E-state index is -1.67. The van der Waals surface area contributed by atoms with Crippen LogP contribution in [0.1, 0.15) is 142 Å². The number of aromatic amines is 2. The molecule has 484 valence electrons. The molecule has 5 rings (SSSR count). The van der Waals surface area contributed by atoms with Gasteiger partial charge in [0.2, 0.25) is 58.8 Å². The van der Waals surface area contributed by atoms with E-state index in [0.717, 1.165) is 12.8 Å². The van der Waals surface area contributed by atoms with Crippen LogP contribution in [0.4, 0.5) is 0 Å². The summed E-state index contributed by atoms with van der Waals surface area (Å²) in [5, 5.41) is 36.8. The third-order valence-corrected chi connectivity index (χ3v) is 15.8. The zero-order chi connectivity index (χ0) is 65.4. The van der Waals surface area contributed by atoms with Crippen LogP contribution in [-0.4, -0.2) is 144 Å². The van der Waals surface area contributed by atoms with Crippen molar-refractivity contribution >= 4 is 75.5 Å². The molecule has 26 nitrogen and oxygen atoms in total. The van der Waals surface area contributed by atoms with Crippen molar-refractivity contribution in [3.63, 3.8) is 0 Å². The number of phenols is 1. The van der Waals surface area contributed by atoms with Gasteiger partial charge in [0, 0.05) is 61.1 Å². The number of para-hydroxylation sites is 1. The highest BCUT2D eigenvalue weighted by molar-refractivity contribution is 6.41. The van der Waals surface area contributed by atoms with Crippen LogP contribution in [-0.2, 0) is 72.0 Å². The number of Topliss-reactive ketones (excluding diaryl/α,β-unsaturated/α-hetero) is 3. The van der Waals surface area contributed by atoms with E-state index in [9.17, 15) is 63.0 Å². The number of rotatable bonds is 17. The van der Waals surface area contributed by atoms with Crippen LogP contribution < -0.4 is 54.2 Å². The molecular formula is C63H89N13O13. The van der Waals surface area contributed by atoms with Gasteiger partial charge in [0.1, 0.15) is 47.3 Å². The molecule has 1 aliphatic rings. The third kappa shape index (κ3) is 22.2. The summed E-state index contributed by atoms with van der Waals surface area (Å²) in [6, 6.07) is 2.80. The van der Waals surface area contributed by atoms with Crippen LogP contribution in [0.2, 0.25) is 0 Å². The Labute approximate surface area is 517 Å². The second-order valence-corrected chi connectivity index (χ2v) is 24.0. The number of aromatic nitrogens is 3. The van der Waals surface area contributed by atoms with Crippen LogP contribution in [0.25, 0.3) is 10.9 Å². The zero-order valence-electron chi connectivity index (χ0n) is 51.6. The molecule has 1 unspecified atom stereocenters. The molecule has 0 aliphatic carbocycles. The zero-order valence-corrected chi connectivity index (χ0v) is 51.6. The van der Waals surface area contributed by atoms with E-state index in [1.54, 1.807) is 63.4 Å². The van der Waals surface area contributed by atoms with E-state index in [1.807, 2.05) is 12.2 Å². The number of imidazole rings is 1. The lowest BCUT2D eigenvalue weighted by Gasteiger charge is -2.33. The fourth-order valence-corrected chi connectivity index (χ4v) is 10.6. The maximum Gasteiger partial charge on any atom is 0.243 e. The summed E-state index contributed by atoms with van der Waals surface area (Å²) in [7, 11) is 0. The summed E-state index contributed by atoms with van der Waals surface area (Å²) in [4.78, 5) is 163. The van der Waals surface area contributed by atoms with Crippen molar-refractivity contribution in [1.82, 2.24) is 57.7 Å². The van der Waals surface area contributed by atoms with E-state index >= 15 is 0 Å². The molecular weight excluding hydrogens is 1150 g/mol. The van der Waals surface area contributed by atoms with Gasteiger partial charge in [-0.05, 0) is 107 Å². The number of aromatic hydroxyl groups is 1. The Balaban J connectivity index is 1.56. The van der Waals surface area contributed by atoms with Crippen LogP contribution in [0.3, 0.4) is 0 Å². The quantitative estimate of drug-likeness (QED) is 0.0529.